The van der Waals surface area contributed by atoms with Crippen molar-refractivity contribution in [3.8, 4) is 0 Å². The molecule has 0 bridgehead atoms. The molecule has 1 heterocycles. The summed E-state index contributed by atoms with van der Waals surface area (Å²) in [5.41, 5.74) is 1.73. The Morgan fingerprint density at radius 3 is 2.43 bits per heavy atom. The molecule has 1 amide bonds. The predicted octanol–water partition coefficient (Wildman–Crippen LogP) is 3.92. The van der Waals surface area contributed by atoms with E-state index >= 15 is 0 Å². The molecule has 0 radical (unpaired) electrons. The minimum atomic E-state index is -0.618. The van der Waals surface area contributed by atoms with Crippen LogP contribution in [0.1, 0.15) is 23.3 Å². The van der Waals surface area contributed by atoms with E-state index in [1.54, 1.807) is 30.3 Å². The van der Waals surface area contributed by atoms with E-state index in [9.17, 15) is 4.79 Å². The first-order valence-corrected chi connectivity index (χ1v) is 7.32. The molecule has 1 aliphatic rings. The molecular formula is C16H13Cl2NO2. The summed E-state index contributed by atoms with van der Waals surface area (Å²) in [6, 6.07) is 14.4. The third-order valence-electron chi connectivity index (χ3n) is 3.41. The van der Waals surface area contributed by atoms with Crippen LogP contribution in [-0.4, -0.2) is 12.5 Å². The molecule has 1 N–H and O–H groups in total. The average Bonchev–Trinajstić information content (AvgIpc) is 2.48. The lowest BCUT2D eigenvalue weighted by atomic mass is 10.0. The maximum atomic E-state index is 12.3. The zero-order valence-electron chi connectivity index (χ0n) is 11.1. The van der Waals surface area contributed by atoms with Gasteiger partial charge < -0.3 is 10.1 Å². The van der Waals surface area contributed by atoms with Crippen LogP contribution >= 0.6 is 23.2 Å². The molecule has 108 valence electrons. The quantitative estimate of drug-likeness (QED) is 0.910. The second-order valence-electron chi connectivity index (χ2n) is 4.88. The van der Waals surface area contributed by atoms with Crippen molar-refractivity contribution < 1.29 is 9.53 Å². The van der Waals surface area contributed by atoms with Crippen molar-refractivity contribution in [2.75, 3.05) is 6.61 Å². The predicted molar refractivity (Wildman–Crippen MR) is 82.5 cm³/mol. The van der Waals surface area contributed by atoms with Gasteiger partial charge in [-0.15, -0.1) is 0 Å². The first kappa shape index (κ1) is 14.4. The number of halogens is 2. The van der Waals surface area contributed by atoms with Crippen LogP contribution in [0.3, 0.4) is 0 Å². The van der Waals surface area contributed by atoms with Crippen molar-refractivity contribution in [3.63, 3.8) is 0 Å². The summed E-state index contributed by atoms with van der Waals surface area (Å²) in [5.74, 6) is -0.163. The number of morpholine rings is 1. The van der Waals surface area contributed by atoms with Gasteiger partial charge in [-0.2, -0.15) is 0 Å². The number of nitrogens with one attached hydrogen (secondary N) is 1. The second kappa shape index (κ2) is 6.06. The summed E-state index contributed by atoms with van der Waals surface area (Å²) in [4.78, 5) is 12.3. The molecule has 2 unspecified atom stereocenters. The second-order valence-corrected chi connectivity index (χ2v) is 5.75. The number of hydrogen-bond donors (Lipinski definition) is 1. The number of carbonyl (C=O) groups is 1. The van der Waals surface area contributed by atoms with Gasteiger partial charge in [0.1, 0.15) is 0 Å². The first-order valence-electron chi connectivity index (χ1n) is 6.56. The van der Waals surface area contributed by atoms with Gasteiger partial charge in [0.05, 0.1) is 12.6 Å². The van der Waals surface area contributed by atoms with Gasteiger partial charge in [-0.3, -0.25) is 4.79 Å². The van der Waals surface area contributed by atoms with Crippen molar-refractivity contribution in [2.45, 2.75) is 12.1 Å². The SMILES string of the molecule is O=C1NC(c2ccc(Cl)cc2)COC1c1cccc(Cl)c1. The minimum absolute atomic E-state index is 0.162. The number of benzene rings is 2. The van der Waals surface area contributed by atoms with Crippen LogP contribution in [0.4, 0.5) is 0 Å². The van der Waals surface area contributed by atoms with Gasteiger partial charge in [-0.1, -0.05) is 47.5 Å². The summed E-state index contributed by atoms with van der Waals surface area (Å²) in [6.45, 7) is 0.407. The maximum Gasteiger partial charge on any atom is 0.254 e. The normalized spacial score (nSPS) is 21.9. The lowest BCUT2D eigenvalue weighted by Gasteiger charge is -2.30. The molecule has 1 saturated heterocycles. The number of hydrogen-bond acceptors (Lipinski definition) is 2. The Balaban J connectivity index is 1.75. The Bertz CT molecular complexity index is 658. The highest BCUT2D eigenvalue weighted by atomic mass is 35.5. The van der Waals surface area contributed by atoms with E-state index in [1.165, 1.54) is 0 Å². The van der Waals surface area contributed by atoms with Crippen molar-refractivity contribution in [1.82, 2.24) is 5.32 Å². The van der Waals surface area contributed by atoms with Gasteiger partial charge in [-0.25, -0.2) is 0 Å². The van der Waals surface area contributed by atoms with Crippen molar-refractivity contribution in [3.05, 3.63) is 69.7 Å². The Kier molecular flexibility index (Phi) is 4.15. The van der Waals surface area contributed by atoms with Crippen molar-refractivity contribution >= 4 is 29.1 Å². The van der Waals surface area contributed by atoms with E-state index in [-0.39, 0.29) is 11.9 Å². The largest absolute Gasteiger partial charge is 0.361 e. The van der Waals surface area contributed by atoms with Crippen LogP contribution in [0.2, 0.25) is 10.0 Å². The van der Waals surface area contributed by atoms with Gasteiger partial charge in [0, 0.05) is 10.0 Å². The number of carbonyl (C=O) groups excluding carboxylic acids is 1. The van der Waals surface area contributed by atoms with Crippen LogP contribution in [0.5, 0.6) is 0 Å². The summed E-state index contributed by atoms with van der Waals surface area (Å²) in [6.07, 6.45) is -0.618. The monoisotopic (exact) mass is 321 g/mol. The fraction of sp³-hybridized carbons (Fsp3) is 0.188. The number of ether oxygens (including phenoxy) is 1. The number of rotatable bonds is 2. The van der Waals surface area contributed by atoms with Crippen molar-refractivity contribution in [1.29, 1.82) is 0 Å². The van der Waals surface area contributed by atoms with E-state index in [0.29, 0.717) is 16.7 Å². The summed E-state index contributed by atoms with van der Waals surface area (Å²) >= 11 is 11.8. The van der Waals surface area contributed by atoms with Gasteiger partial charge in [0.2, 0.25) is 0 Å². The lowest BCUT2D eigenvalue weighted by Crippen LogP contribution is -2.41. The van der Waals surface area contributed by atoms with Gasteiger partial charge in [0.15, 0.2) is 6.10 Å². The molecular weight excluding hydrogens is 309 g/mol. The van der Waals surface area contributed by atoms with Crippen LogP contribution < -0.4 is 5.32 Å². The average molecular weight is 322 g/mol. The van der Waals surface area contributed by atoms with E-state index in [0.717, 1.165) is 11.1 Å². The molecule has 0 spiro atoms. The van der Waals surface area contributed by atoms with Crippen LogP contribution in [0.15, 0.2) is 48.5 Å². The zero-order valence-corrected chi connectivity index (χ0v) is 12.6. The molecule has 0 saturated carbocycles. The van der Waals surface area contributed by atoms with E-state index in [2.05, 4.69) is 5.32 Å². The van der Waals surface area contributed by atoms with E-state index < -0.39 is 6.10 Å². The molecule has 21 heavy (non-hydrogen) atoms. The molecule has 2 aromatic rings. The first-order chi connectivity index (χ1) is 10.1. The van der Waals surface area contributed by atoms with Gasteiger partial charge in [0.25, 0.3) is 5.91 Å². The third kappa shape index (κ3) is 3.21. The zero-order chi connectivity index (χ0) is 14.8. The van der Waals surface area contributed by atoms with Crippen LogP contribution in [0, 0.1) is 0 Å². The van der Waals surface area contributed by atoms with E-state index in [4.69, 9.17) is 27.9 Å². The Morgan fingerprint density at radius 1 is 1.00 bits per heavy atom. The van der Waals surface area contributed by atoms with Gasteiger partial charge >= 0.3 is 0 Å². The number of amides is 1. The highest BCUT2D eigenvalue weighted by Crippen LogP contribution is 2.28. The summed E-state index contributed by atoms with van der Waals surface area (Å²) in [5, 5.41) is 4.22. The molecule has 3 rings (SSSR count). The van der Waals surface area contributed by atoms with E-state index in [1.807, 2.05) is 18.2 Å². The topological polar surface area (TPSA) is 38.3 Å². The Labute approximate surface area is 132 Å². The fourth-order valence-electron chi connectivity index (χ4n) is 2.35. The summed E-state index contributed by atoms with van der Waals surface area (Å²) in [7, 11) is 0. The molecule has 1 fully saturated rings. The molecule has 1 aliphatic heterocycles. The standard InChI is InChI=1S/C16H13Cl2NO2/c17-12-6-4-10(5-7-12)14-9-21-15(16(20)19-14)11-2-1-3-13(18)8-11/h1-8,14-15H,9H2,(H,19,20). The lowest BCUT2D eigenvalue weighted by molar-refractivity contribution is -0.141. The molecule has 0 aromatic heterocycles. The van der Waals surface area contributed by atoms with Crippen LogP contribution in [0.25, 0.3) is 0 Å². The van der Waals surface area contributed by atoms with Gasteiger partial charge in [-0.05, 0) is 35.4 Å². The highest BCUT2D eigenvalue weighted by Gasteiger charge is 2.30. The summed E-state index contributed by atoms with van der Waals surface area (Å²) < 4.78 is 5.72. The minimum Gasteiger partial charge on any atom is -0.361 e. The molecule has 2 aromatic carbocycles. The van der Waals surface area contributed by atoms with Crippen LogP contribution in [-0.2, 0) is 9.53 Å². The maximum absolute atomic E-state index is 12.3. The Hall–Kier alpha value is -1.55. The molecule has 2 atom stereocenters. The van der Waals surface area contributed by atoms with Crippen molar-refractivity contribution in [2.24, 2.45) is 0 Å². The molecule has 5 heteroatoms. The smallest absolute Gasteiger partial charge is 0.254 e. The highest BCUT2D eigenvalue weighted by molar-refractivity contribution is 6.30. The fourth-order valence-corrected chi connectivity index (χ4v) is 2.67. The Morgan fingerprint density at radius 2 is 1.76 bits per heavy atom. The molecule has 3 nitrogen and oxygen atoms in total. The third-order valence-corrected chi connectivity index (χ3v) is 3.90. The molecule has 0 aliphatic carbocycles.